The number of nitrogens with zero attached hydrogens (tertiary/aromatic N) is 3. The SMILES string of the molecule is CS(=O)(=O)c1ccc(Oc2ccc(N=[N+]=[N-])cc2)c(F)c1. The van der Waals surface area contributed by atoms with Gasteiger partial charge in [0.15, 0.2) is 21.4 Å². The maximum atomic E-state index is 13.8. The first-order valence-corrected chi connectivity index (χ1v) is 7.62. The van der Waals surface area contributed by atoms with Gasteiger partial charge < -0.3 is 4.74 Å². The molecule has 0 saturated carbocycles. The molecule has 0 aliphatic heterocycles. The molecular weight excluding hydrogens is 297 g/mol. The molecule has 0 spiro atoms. The van der Waals surface area contributed by atoms with Gasteiger partial charge in [0.25, 0.3) is 0 Å². The largest absolute Gasteiger partial charge is 0.454 e. The average molecular weight is 307 g/mol. The van der Waals surface area contributed by atoms with E-state index < -0.39 is 15.7 Å². The van der Waals surface area contributed by atoms with Gasteiger partial charge in [-0.05, 0) is 48.0 Å². The van der Waals surface area contributed by atoms with Crippen LogP contribution in [0.3, 0.4) is 0 Å². The minimum Gasteiger partial charge on any atom is -0.454 e. The number of hydrogen-bond acceptors (Lipinski definition) is 4. The van der Waals surface area contributed by atoms with E-state index in [0.29, 0.717) is 11.4 Å². The summed E-state index contributed by atoms with van der Waals surface area (Å²) in [6.45, 7) is 0. The van der Waals surface area contributed by atoms with Crippen LogP contribution >= 0.6 is 0 Å². The molecule has 2 aromatic rings. The third-order valence-electron chi connectivity index (χ3n) is 2.56. The van der Waals surface area contributed by atoms with E-state index in [9.17, 15) is 12.8 Å². The van der Waals surface area contributed by atoms with Gasteiger partial charge in [0.1, 0.15) is 5.75 Å². The molecule has 8 heteroatoms. The molecule has 0 unspecified atom stereocenters. The molecule has 2 rings (SSSR count). The summed E-state index contributed by atoms with van der Waals surface area (Å²) in [5.41, 5.74) is 8.68. The van der Waals surface area contributed by atoms with Gasteiger partial charge in [-0.15, -0.1) is 0 Å². The smallest absolute Gasteiger partial charge is 0.175 e. The highest BCUT2D eigenvalue weighted by Crippen LogP contribution is 2.27. The standard InChI is InChI=1S/C13H10FN3O3S/c1-21(18,19)11-6-7-13(12(14)8-11)20-10-4-2-9(3-5-10)16-17-15/h2-8H,1H3. The van der Waals surface area contributed by atoms with Crippen LogP contribution in [0.25, 0.3) is 10.4 Å². The second-order valence-electron chi connectivity index (χ2n) is 4.15. The van der Waals surface area contributed by atoms with Gasteiger partial charge in [-0.2, -0.15) is 0 Å². The summed E-state index contributed by atoms with van der Waals surface area (Å²) < 4.78 is 41.7. The lowest BCUT2D eigenvalue weighted by molar-refractivity contribution is 0.441. The Morgan fingerprint density at radius 2 is 1.86 bits per heavy atom. The van der Waals surface area contributed by atoms with Gasteiger partial charge in [0, 0.05) is 16.9 Å². The molecule has 0 N–H and O–H groups in total. The van der Waals surface area contributed by atoms with Gasteiger partial charge in [0.05, 0.1) is 4.90 Å². The summed E-state index contributed by atoms with van der Waals surface area (Å²) in [5, 5.41) is 3.40. The predicted octanol–water partition coefficient (Wildman–Crippen LogP) is 3.96. The first-order valence-electron chi connectivity index (χ1n) is 5.73. The highest BCUT2D eigenvalue weighted by atomic mass is 32.2. The fourth-order valence-corrected chi connectivity index (χ4v) is 2.19. The quantitative estimate of drug-likeness (QED) is 0.486. The summed E-state index contributed by atoms with van der Waals surface area (Å²) in [6, 6.07) is 9.45. The van der Waals surface area contributed by atoms with Crippen molar-refractivity contribution >= 4 is 15.5 Å². The minimum atomic E-state index is -3.47. The van der Waals surface area contributed by atoms with Crippen LogP contribution in [0.4, 0.5) is 10.1 Å². The van der Waals surface area contributed by atoms with Crippen LogP contribution in [0.5, 0.6) is 11.5 Å². The Morgan fingerprint density at radius 3 is 2.38 bits per heavy atom. The number of azide groups is 1. The number of ether oxygens (including phenoxy) is 1. The molecule has 21 heavy (non-hydrogen) atoms. The van der Waals surface area contributed by atoms with Crippen molar-refractivity contribution < 1.29 is 17.5 Å². The third kappa shape index (κ3) is 3.71. The van der Waals surface area contributed by atoms with E-state index in [4.69, 9.17) is 10.3 Å². The van der Waals surface area contributed by atoms with Gasteiger partial charge in [-0.25, -0.2) is 12.8 Å². The maximum absolute atomic E-state index is 13.8. The first kappa shape index (κ1) is 14.8. The molecule has 0 amide bonds. The van der Waals surface area contributed by atoms with E-state index in [1.54, 1.807) is 0 Å². The molecule has 0 atom stereocenters. The fourth-order valence-electron chi connectivity index (χ4n) is 1.55. The van der Waals surface area contributed by atoms with Crippen molar-refractivity contribution in [3.63, 3.8) is 0 Å². The minimum absolute atomic E-state index is 0.0982. The second kappa shape index (κ2) is 5.82. The fraction of sp³-hybridized carbons (Fsp3) is 0.0769. The van der Waals surface area contributed by atoms with Crippen molar-refractivity contribution in [2.24, 2.45) is 5.11 Å². The number of rotatable bonds is 4. The van der Waals surface area contributed by atoms with Gasteiger partial charge >= 0.3 is 0 Å². The number of sulfone groups is 1. The summed E-state index contributed by atoms with van der Waals surface area (Å²) in [5.74, 6) is -0.547. The van der Waals surface area contributed by atoms with Gasteiger partial charge in [-0.1, -0.05) is 5.11 Å². The summed E-state index contributed by atoms with van der Waals surface area (Å²) in [4.78, 5) is 2.51. The number of benzene rings is 2. The monoisotopic (exact) mass is 307 g/mol. The zero-order valence-electron chi connectivity index (χ0n) is 10.9. The predicted molar refractivity (Wildman–Crippen MR) is 74.8 cm³/mol. The van der Waals surface area contributed by atoms with E-state index in [1.807, 2.05) is 0 Å². The van der Waals surface area contributed by atoms with E-state index in [0.717, 1.165) is 12.3 Å². The Kier molecular flexibility index (Phi) is 4.11. The molecule has 0 aliphatic rings. The van der Waals surface area contributed by atoms with Gasteiger partial charge in [0.2, 0.25) is 0 Å². The molecule has 0 bridgehead atoms. The second-order valence-corrected chi connectivity index (χ2v) is 6.17. The van der Waals surface area contributed by atoms with E-state index >= 15 is 0 Å². The van der Waals surface area contributed by atoms with Crippen LogP contribution in [0.2, 0.25) is 0 Å². The molecule has 0 fully saturated rings. The van der Waals surface area contributed by atoms with Crippen LogP contribution in [-0.4, -0.2) is 14.7 Å². The average Bonchev–Trinajstić information content (AvgIpc) is 2.42. The Morgan fingerprint density at radius 1 is 1.19 bits per heavy atom. The first-order chi connectivity index (χ1) is 9.90. The van der Waals surface area contributed by atoms with Crippen molar-refractivity contribution in [3.05, 3.63) is 58.7 Å². The highest BCUT2D eigenvalue weighted by Gasteiger charge is 2.12. The zero-order valence-corrected chi connectivity index (χ0v) is 11.7. The Balaban J connectivity index is 2.25. The maximum Gasteiger partial charge on any atom is 0.175 e. The Bertz CT molecular complexity index is 813. The molecule has 6 nitrogen and oxygen atoms in total. The summed E-state index contributed by atoms with van der Waals surface area (Å²) in [6.07, 6.45) is 0.997. The topological polar surface area (TPSA) is 92.1 Å². The third-order valence-corrected chi connectivity index (χ3v) is 3.67. The van der Waals surface area contributed by atoms with Crippen LogP contribution in [0.1, 0.15) is 0 Å². The summed E-state index contributed by atoms with van der Waals surface area (Å²) in [7, 11) is -3.47. The molecule has 0 aliphatic carbocycles. The van der Waals surface area contributed by atoms with Crippen molar-refractivity contribution in [2.45, 2.75) is 4.90 Å². The molecule has 0 heterocycles. The molecule has 108 valence electrons. The van der Waals surface area contributed by atoms with Gasteiger partial charge in [-0.3, -0.25) is 0 Å². The molecule has 0 saturated heterocycles. The van der Waals surface area contributed by atoms with Crippen LogP contribution < -0.4 is 4.74 Å². The normalized spacial score (nSPS) is 10.8. The van der Waals surface area contributed by atoms with E-state index in [1.165, 1.54) is 36.4 Å². The zero-order chi connectivity index (χ0) is 15.5. The lowest BCUT2D eigenvalue weighted by Gasteiger charge is -2.08. The number of hydrogen-bond donors (Lipinski definition) is 0. The van der Waals surface area contributed by atoms with E-state index in [2.05, 4.69) is 10.0 Å². The Labute approximate surface area is 120 Å². The molecule has 0 aromatic heterocycles. The highest BCUT2D eigenvalue weighted by molar-refractivity contribution is 7.90. The molecule has 0 radical (unpaired) electrons. The van der Waals surface area contributed by atoms with Crippen LogP contribution in [-0.2, 0) is 9.84 Å². The lowest BCUT2D eigenvalue weighted by Crippen LogP contribution is -1.98. The number of halogens is 1. The van der Waals surface area contributed by atoms with Crippen molar-refractivity contribution in [2.75, 3.05) is 6.26 Å². The van der Waals surface area contributed by atoms with Crippen LogP contribution in [0, 0.1) is 5.82 Å². The van der Waals surface area contributed by atoms with Crippen molar-refractivity contribution in [3.8, 4) is 11.5 Å². The molecular formula is C13H10FN3O3S. The van der Waals surface area contributed by atoms with Crippen LogP contribution in [0.15, 0.2) is 52.5 Å². The van der Waals surface area contributed by atoms with E-state index in [-0.39, 0.29) is 10.6 Å². The molecule has 2 aromatic carbocycles. The summed E-state index contributed by atoms with van der Waals surface area (Å²) >= 11 is 0. The van der Waals surface area contributed by atoms with Crippen molar-refractivity contribution in [1.82, 2.24) is 0 Å². The van der Waals surface area contributed by atoms with Crippen molar-refractivity contribution in [1.29, 1.82) is 0 Å². The lowest BCUT2D eigenvalue weighted by atomic mass is 10.3. The Hall–Kier alpha value is -2.57.